The summed E-state index contributed by atoms with van der Waals surface area (Å²) in [5, 5.41) is 6.31. The van der Waals surface area contributed by atoms with Crippen molar-refractivity contribution in [1.29, 1.82) is 0 Å². The predicted octanol–water partition coefficient (Wildman–Crippen LogP) is -0.832. The largest absolute Gasteiger partial charge is 0.377 e. The predicted molar refractivity (Wildman–Crippen MR) is 44.9 cm³/mol. The highest BCUT2D eigenvalue weighted by Gasteiger charge is 2.39. The highest BCUT2D eigenvalue weighted by atomic mass is 16.6. The Morgan fingerprint density at radius 3 is 2.83 bits per heavy atom. The standard InChI is InChI=1S/C8H16N2O2/c1-9-7-2-11-5-8(6-12-7)3-10-4-8/h7,9-10H,2-6H2,1H3. The van der Waals surface area contributed by atoms with E-state index >= 15 is 0 Å². The molecule has 0 aromatic heterocycles. The Hall–Kier alpha value is -0.160. The van der Waals surface area contributed by atoms with Gasteiger partial charge in [0.1, 0.15) is 6.23 Å². The minimum absolute atomic E-state index is 0.0741. The van der Waals surface area contributed by atoms with E-state index in [0.29, 0.717) is 6.61 Å². The van der Waals surface area contributed by atoms with Gasteiger partial charge in [-0.1, -0.05) is 0 Å². The molecule has 2 heterocycles. The van der Waals surface area contributed by atoms with E-state index in [1.54, 1.807) is 0 Å². The van der Waals surface area contributed by atoms with Gasteiger partial charge in [-0.2, -0.15) is 0 Å². The topological polar surface area (TPSA) is 42.5 Å². The number of likely N-dealkylation sites (N-methyl/N-ethyl adjacent to an activating group) is 1. The van der Waals surface area contributed by atoms with Crippen molar-refractivity contribution in [3.8, 4) is 0 Å². The van der Waals surface area contributed by atoms with Gasteiger partial charge >= 0.3 is 0 Å². The van der Waals surface area contributed by atoms with Gasteiger partial charge in [0.2, 0.25) is 0 Å². The maximum Gasteiger partial charge on any atom is 0.131 e. The van der Waals surface area contributed by atoms with Crippen LogP contribution in [0.5, 0.6) is 0 Å². The molecular weight excluding hydrogens is 156 g/mol. The molecule has 2 aliphatic heterocycles. The molecule has 1 unspecified atom stereocenters. The van der Waals surface area contributed by atoms with Gasteiger partial charge in [-0.15, -0.1) is 0 Å². The maximum atomic E-state index is 5.63. The molecule has 4 nitrogen and oxygen atoms in total. The van der Waals surface area contributed by atoms with Crippen LogP contribution in [0.25, 0.3) is 0 Å². The Morgan fingerprint density at radius 1 is 1.42 bits per heavy atom. The molecule has 2 N–H and O–H groups in total. The summed E-state index contributed by atoms with van der Waals surface area (Å²) in [6, 6.07) is 0. The summed E-state index contributed by atoms with van der Waals surface area (Å²) >= 11 is 0. The van der Waals surface area contributed by atoms with E-state index < -0.39 is 0 Å². The van der Waals surface area contributed by atoms with Crippen molar-refractivity contribution >= 4 is 0 Å². The Balaban J connectivity index is 1.88. The second-order valence-electron chi connectivity index (χ2n) is 3.71. The van der Waals surface area contributed by atoms with Crippen LogP contribution in [0.2, 0.25) is 0 Å². The first-order valence-electron chi connectivity index (χ1n) is 4.42. The second-order valence-corrected chi connectivity index (χ2v) is 3.71. The average Bonchev–Trinajstić information content (AvgIpc) is 2.24. The quantitative estimate of drug-likeness (QED) is 0.541. The highest BCUT2D eigenvalue weighted by Crippen LogP contribution is 2.25. The number of hydrogen-bond acceptors (Lipinski definition) is 4. The van der Waals surface area contributed by atoms with E-state index in [0.717, 1.165) is 26.3 Å². The van der Waals surface area contributed by atoms with Gasteiger partial charge < -0.3 is 14.8 Å². The van der Waals surface area contributed by atoms with Crippen molar-refractivity contribution in [3.05, 3.63) is 0 Å². The number of nitrogens with one attached hydrogen (secondary N) is 2. The van der Waals surface area contributed by atoms with E-state index in [2.05, 4.69) is 10.6 Å². The van der Waals surface area contributed by atoms with E-state index in [9.17, 15) is 0 Å². The minimum atomic E-state index is 0.0741. The summed E-state index contributed by atoms with van der Waals surface area (Å²) in [7, 11) is 1.89. The normalized spacial score (nSPS) is 34.2. The van der Waals surface area contributed by atoms with Crippen LogP contribution in [0.1, 0.15) is 0 Å². The Kier molecular flexibility index (Phi) is 2.32. The molecule has 1 spiro atoms. The third-order valence-electron chi connectivity index (χ3n) is 2.59. The fourth-order valence-corrected chi connectivity index (χ4v) is 1.60. The van der Waals surface area contributed by atoms with Gasteiger partial charge in [0, 0.05) is 18.5 Å². The lowest BCUT2D eigenvalue weighted by molar-refractivity contribution is -0.0172. The third-order valence-corrected chi connectivity index (χ3v) is 2.59. The monoisotopic (exact) mass is 172 g/mol. The van der Waals surface area contributed by atoms with Crippen LogP contribution in [0.3, 0.4) is 0 Å². The molecule has 1 atom stereocenters. The molecule has 12 heavy (non-hydrogen) atoms. The summed E-state index contributed by atoms with van der Waals surface area (Å²) in [5.41, 5.74) is 0.269. The van der Waals surface area contributed by atoms with Crippen LogP contribution in [0.4, 0.5) is 0 Å². The lowest BCUT2D eigenvalue weighted by Crippen LogP contribution is -2.58. The molecule has 0 aromatic rings. The fraction of sp³-hybridized carbons (Fsp3) is 1.00. The van der Waals surface area contributed by atoms with Crippen LogP contribution in [-0.4, -0.2) is 46.2 Å². The van der Waals surface area contributed by atoms with Gasteiger partial charge in [0.05, 0.1) is 19.8 Å². The number of hydrogen-bond donors (Lipinski definition) is 2. The maximum absolute atomic E-state index is 5.63. The molecule has 2 fully saturated rings. The van der Waals surface area contributed by atoms with Gasteiger partial charge in [-0.3, -0.25) is 5.32 Å². The van der Waals surface area contributed by atoms with Crippen LogP contribution in [-0.2, 0) is 9.47 Å². The van der Waals surface area contributed by atoms with Gasteiger partial charge in [0.15, 0.2) is 0 Å². The van der Waals surface area contributed by atoms with Crippen LogP contribution in [0, 0.1) is 5.41 Å². The number of ether oxygens (including phenoxy) is 2. The molecule has 0 aliphatic carbocycles. The van der Waals surface area contributed by atoms with E-state index in [-0.39, 0.29) is 11.6 Å². The lowest BCUT2D eigenvalue weighted by atomic mass is 9.84. The molecule has 0 radical (unpaired) electrons. The van der Waals surface area contributed by atoms with Crippen molar-refractivity contribution < 1.29 is 9.47 Å². The zero-order valence-corrected chi connectivity index (χ0v) is 7.43. The van der Waals surface area contributed by atoms with Gasteiger partial charge in [-0.25, -0.2) is 0 Å². The van der Waals surface area contributed by atoms with E-state index in [4.69, 9.17) is 9.47 Å². The van der Waals surface area contributed by atoms with Crippen molar-refractivity contribution in [3.63, 3.8) is 0 Å². The Bertz CT molecular complexity index is 159. The van der Waals surface area contributed by atoms with Gasteiger partial charge in [0.25, 0.3) is 0 Å². The van der Waals surface area contributed by atoms with E-state index in [1.807, 2.05) is 7.05 Å². The van der Waals surface area contributed by atoms with Crippen LogP contribution < -0.4 is 10.6 Å². The zero-order valence-electron chi connectivity index (χ0n) is 7.43. The summed E-state index contributed by atoms with van der Waals surface area (Å²) in [4.78, 5) is 0. The molecule has 0 aromatic carbocycles. The molecule has 0 bridgehead atoms. The summed E-state index contributed by atoms with van der Waals surface area (Å²) in [5.74, 6) is 0. The fourth-order valence-electron chi connectivity index (χ4n) is 1.60. The molecular formula is C8H16N2O2. The van der Waals surface area contributed by atoms with Gasteiger partial charge in [-0.05, 0) is 7.05 Å². The van der Waals surface area contributed by atoms with Crippen molar-refractivity contribution in [1.82, 2.24) is 10.6 Å². The van der Waals surface area contributed by atoms with Crippen LogP contribution in [0.15, 0.2) is 0 Å². The molecule has 2 aliphatic rings. The zero-order chi connectivity index (χ0) is 8.44. The smallest absolute Gasteiger partial charge is 0.131 e. The molecule has 70 valence electrons. The molecule has 2 saturated heterocycles. The Morgan fingerprint density at radius 2 is 2.25 bits per heavy atom. The average molecular weight is 172 g/mol. The van der Waals surface area contributed by atoms with Crippen molar-refractivity contribution in [2.45, 2.75) is 6.23 Å². The highest BCUT2D eigenvalue weighted by molar-refractivity contribution is 4.93. The first kappa shape index (κ1) is 8.44. The van der Waals surface area contributed by atoms with E-state index in [1.165, 1.54) is 0 Å². The first-order valence-corrected chi connectivity index (χ1v) is 4.42. The third kappa shape index (κ3) is 1.47. The first-order chi connectivity index (χ1) is 5.85. The summed E-state index contributed by atoms with van der Waals surface area (Å²) < 4.78 is 11.2. The summed E-state index contributed by atoms with van der Waals surface area (Å²) in [6.07, 6.45) is 0.0741. The van der Waals surface area contributed by atoms with Crippen molar-refractivity contribution in [2.75, 3.05) is 40.0 Å². The van der Waals surface area contributed by atoms with Crippen molar-refractivity contribution in [2.24, 2.45) is 5.41 Å². The van der Waals surface area contributed by atoms with Crippen LogP contribution >= 0.6 is 0 Å². The molecule has 0 amide bonds. The second kappa shape index (κ2) is 3.30. The number of rotatable bonds is 1. The molecule has 0 saturated carbocycles. The Labute approximate surface area is 72.6 Å². The minimum Gasteiger partial charge on any atom is -0.377 e. The lowest BCUT2D eigenvalue weighted by Gasteiger charge is -2.40. The molecule has 2 rings (SSSR count). The molecule has 4 heteroatoms. The summed E-state index contributed by atoms with van der Waals surface area (Å²) in [6.45, 7) is 4.37. The SMILES string of the molecule is CNC1COCC2(CNC2)CO1.